The third-order valence-electron chi connectivity index (χ3n) is 6.74. The Morgan fingerprint density at radius 1 is 1.08 bits per heavy atom. The standard InChI is InChI=1S/C27H30F3N3O3/c1-32-15-4-5-19(32)12-13-31-14-16-33-24-7-3-6-23(27(28,29)30)22(24)17-21(25(34)26(33)35)18-8-10-20(36-2)11-9-18/h3-11,15,21,25,31,34H,12-14,16-17H2,1-2H3/t21?,25-/m1/s1. The van der Waals surface area contributed by atoms with Crippen LogP contribution in [-0.4, -0.2) is 48.4 Å². The molecule has 0 bridgehead atoms. The van der Waals surface area contributed by atoms with Crippen LogP contribution in [0.5, 0.6) is 5.75 Å². The predicted molar refractivity (Wildman–Crippen MR) is 131 cm³/mol. The lowest BCUT2D eigenvalue weighted by atomic mass is 9.86. The van der Waals surface area contributed by atoms with Crippen molar-refractivity contribution in [1.82, 2.24) is 9.88 Å². The molecule has 4 rings (SSSR count). The number of hydrogen-bond acceptors (Lipinski definition) is 4. The fraction of sp³-hybridized carbons (Fsp3) is 0.370. The lowest BCUT2D eigenvalue weighted by Crippen LogP contribution is -2.44. The molecule has 3 aromatic rings. The van der Waals surface area contributed by atoms with Gasteiger partial charge in [-0.1, -0.05) is 18.2 Å². The quantitative estimate of drug-likeness (QED) is 0.460. The smallest absolute Gasteiger partial charge is 0.416 e. The molecule has 9 heteroatoms. The number of amides is 1. The maximum absolute atomic E-state index is 14.0. The third kappa shape index (κ3) is 5.42. The minimum absolute atomic E-state index is 0.0135. The van der Waals surface area contributed by atoms with Gasteiger partial charge in [-0.2, -0.15) is 13.2 Å². The summed E-state index contributed by atoms with van der Waals surface area (Å²) < 4.78 is 49.1. The highest BCUT2D eigenvalue weighted by molar-refractivity contribution is 5.99. The topological polar surface area (TPSA) is 66.7 Å². The van der Waals surface area contributed by atoms with Crippen molar-refractivity contribution in [2.24, 2.45) is 7.05 Å². The van der Waals surface area contributed by atoms with Gasteiger partial charge in [-0.05, 0) is 53.9 Å². The van der Waals surface area contributed by atoms with Gasteiger partial charge >= 0.3 is 6.18 Å². The van der Waals surface area contributed by atoms with Gasteiger partial charge in [0.1, 0.15) is 11.9 Å². The van der Waals surface area contributed by atoms with E-state index in [2.05, 4.69) is 5.32 Å². The molecule has 1 aromatic heterocycles. The minimum atomic E-state index is -4.59. The highest BCUT2D eigenvalue weighted by atomic mass is 19.4. The molecule has 0 saturated carbocycles. The molecule has 192 valence electrons. The van der Waals surface area contributed by atoms with Gasteiger partial charge in [-0.3, -0.25) is 4.79 Å². The first-order chi connectivity index (χ1) is 17.2. The van der Waals surface area contributed by atoms with E-state index in [0.717, 1.165) is 18.2 Å². The average molecular weight is 502 g/mol. The highest BCUT2D eigenvalue weighted by Crippen LogP contribution is 2.42. The SMILES string of the molecule is COc1ccc(C2Cc3c(cccc3C(F)(F)F)N(CCNCCc3cccn3C)C(=O)[C@@H]2O)cc1. The normalized spacial score (nSPS) is 18.2. The summed E-state index contributed by atoms with van der Waals surface area (Å²) in [4.78, 5) is 14.7. The van der Waals surface area contributed by atoms with Crippen LogP contribution in [0.15, 0.2) is 60.8 Å². The van der Waals surface area contributed by atoms with Gasteiger partial charge < -0.3 is 24.6 Å². The lowest BCUT2D eigenvalue weighted by molar-refractivity contribution is -0.138. The number of nitrogens with one attached hydrogen (secondary N) is 1. The fourth-order valence-corrected chi connectivity index (χ4v) is 4.76. The summed E-state index contributed by atoms with van der Waals surface area (Å²) in [5.74, 6) is -0.869. The molecule has 1 amide bonds. The molecule has 0 aliphatic carbocycles. The molecule has 0 saturated heterocycles. The first-order valence-electron chi connectivity index (χ1n) is 11.8. The van der Waals surface area contributed by atoms with E-state index in [4.69, 9.17) is 4.74 Å². The van der Waals surface area contributed by atoms with Crippen LogP contribution in [0.2, 0.25) is 0 Å². The number of nitrogens with zero attached hydrogens (tertiary/aromatic N) is 2. The Kier molecular flexibility index (Phi) is 7.70. The number of halogens is 3. The number of methoxy groups -OCH3 is 1. The fourth-order valence-electron chi connectivity index (χ4n) is 4.76. The number of hydrogen-bond donors (Lipinski definition) is 2. The zero-order valence-corrected chi connectivity index (χ0v) is 20.3. The molecule has 2 heterocycles. The largest absolute Gasteiger partial charge is 0.497 e. The van der Waals surface area contributed by atoms with Crippen LogP contribution in [-0.2, 0) is 30.9 Å². The maximum atomic E-state index is 14.0. The first kappa shape index (κ1) is 25.8. The van der Waals surface area contributed by atoms with E-state index in [1.807, 2.05) is 29.9 Å². The number of benzene rings is 2. The molecule has 0 spiro atoms. The van der Waals surface area contributed by atoms with E-state index in [-0.39, 0.29) is 24.2 Å². The zero-order chi connectivity index (χ0) is 25.9. The monoisotopic (exact) mass is 501 g/mol. The number of rotatable bonds is 8. The van der Waals surface area contributed by atoms with Crippen molar-refractivity contribution in [3.05, 3.63) is 83.2 Å². The number of anilines is 1. The molecule has 6 nitrogen and oxygen atoms in total. The number of aryl methyl sites for hydroxylation is 1. The number of aliphatic hydroxyl groups is 1. The highest BCUT2D eigenvalue weighted by Gasteiger charge is 2.41. The summed E-state index contributed by atoms with van der Waals surface area (Å²) in [6.07, 6.45) is -3.47. The van der Waals surface area contributed by atoms with E-state index in [1.165, 1.54) is 24.1 Å². The maximum Gasteiger partial charge on any atom is 0.416 e. The van der Waals surface area contributed by atoms with Crippen LogP contribution in [0.25, 0.3) is 0 Å². The van der Waals surface area contributed by atoms with Gasteiger partial charge in [0.15, 0.2) is 0 Å². The van der Waals surface area contributed by atoms with E-state index >= 15 is 0 Å². The second-order valence-corrected chi connectivity index (χ2v) is 8.93. The molecule has 0 fully saturated rings. The van der Waals surface area contributed by atoms with Crippen LogP contribution in [0.3, 0.4) is 0 Å². The molecule has 1 aliphatic heterocycles. The van der Waals surface area contributed by atoms with Crippen LogP contribution < -0.4 is 15.0 Å². The molecule has 1 aliphatic rings. The molecule has 2 aromatic carbocycles. The number of carbonyl (C=O) groups excluding carboxylic acids is 1. The van der Waals surface area contributed by atoms with E-state index in [9.17, 15) is 23.1 Å². The first-order valence-corrected chi connectivity index (χ1v) is 11.8. The second-order valence-electron chi connectivity index (χ2n) is 8.93. The van der Waals surface area contributed by atoms with Gasteiger partial charge in [0.25, 0.3) is 5.91 Å². The summed E-state index contributed by atoms with van der Waals surface area (Å²) >= 11 is 0. The van der Waals surface area contributed by atoms with Crippen molar-refractivity contribution < 1.29 is 27.8 Å². The van der Waals surface area contributed by atoms with E-state index in [1.54, 1.807) is 24.3 Å². The van der Waals surface area contributed by atoms with Crippen LogP contribution in [0.1, 0.15) is 28.3 Å². The van der Waals surface area contributed by atoms with Crippen molar-refractivity contribution in [3.63, 3.8) is 0 Å². The molecule has 0 radical (unpaired) electrons. The average Bonchev–Trinajstić information content (AvgIpc) is 3.23. The van der Waals surface area contributed by atoms with Crippen LogP contribution >= 0.6 is 0 Å². The number of fused-ring (bicyclic) bond motifs is 1. The summed E-state index contributed by atoms with van der Waals surface area (Å²) in [5, 5.41) is 14.3. The summed E-state index contributed by atoms with van der Waals surface area (Å²) in [7, 11) is 3.47. The summed E-state index contributed by atoms with van der Waals surface area (Å²) in [5.41, 5.74) is 1.13. The Hall–Kier alpha value is -3.30. The molecule has 2 atom stereocenters. The lowest BCUT2D eigenvalue weighted by Gasteiger charge is -2.26. The van der Waals surface area contributed by atoms with Gasteiger partial charge in [0.2, 0.25) is 0 Å². The van der Waals surface area contributed by atoms with Gasteiger partial charge in [-0.25, -0.2) is 0 Å². The molecule has 36 heavy (non-hydrogen) atoms. The summed E-state index contributed by atoms with van der Waals surface area (Å²) in [6.45, 7) is 1.14. The molecule has 1 unspecified atom stereocenters. The zero-order valence-electron chi connectivity index (χ0n) is 20.3. The minimum Gasteiger partial charge on any atom is -0.497 e. The van der Waals surface area contributed by atoms with Crippen LogP contribution in [0.4, 0.5) is 18.9 Å². The van der Waals surface area contributed by atoms with Gasteiger partial charge in [0.05, 0.1) is 12.7 Å². The molecular weight excluding hydrogens is 471 g/mol. The number of aromatic nitrogens is 1. The van der Waals surface area contributed by atoms with Crippen molar-refractivity contribution in [3.8, 4) is 5.75 Å². The summed E-state index contributed by atoms with van der Waals surface area (Å²) in [6, 6.07) is 14.5. The van der Waals surface area contributed by atoms with Crippen molar-refractivity contribution in [2.75, 3.05) is 31.6 Å². The molecule has 2 N–H and O–H groups in total. The van der Waals surface area contributed by atoms with E-state index < -0.39 is 29.7 Å². The van der Waals surface area contributed by atoms with Gasteiger partial charge in [-0.15, -0.1) is 0 Å². The predicted octanol–water partition coefficient (Wildman–Crippen LogP) is 3.92. The Morgan fingerprint density at radius 3 is 2.47 bits per heavy atom. The number of carbonyl (C=O) groups is 1. The molecular formula is C27H30F3N3O3. The van der Waals surface area contributed by atoms with Crippen molar-refractivity contribution >= 4 is 11.6 Å². The Bertz CT molecular complexity index is 1190. The van der Waals surface area contributed by atoms with Crippen LogP contribution in [0, 0.1) is 0 Å². The Balaban J connectivity index is 1.60. The van der Waals surface area contributed by atoms with Gasteiger partial charge in [0, 0.05) is 56.6 Å². The Morgan fingerprint density at radius 2 is 1.83 bits per heavy atom. The van der Waals surface area contributed by atoms with Crippen molar-refractivity contribution in [2.45, 2.75) is 31.0 Å². The van der Waals surface area contributed by atoms with E-state index in [0.29, 0.717) is 24.4 Å². The third-order valence-corrected chi connectivity index (χ3v) is 6.74. The number of alkyl halides is 3. The number of aliphatic hydroxyl groups excluding tert-OH is 1. The Labute approximate surface area is 208 Å². The number of ether oxygens (including phenoxy) is 1. The van der Waals surface area contributed by atoms with Crippen molar-refractivity contribution in [1.29, 1.82) is 0 Å². The second kappa shape index (κ2) is 10.8.